The highest BCUT2D eigenvalue weighted by Gasteiger charge is 2.30. The summed E-state index contributed by atoms with van der Waals surface area (Å²) in [5.41, 5.74) is 5.61. The molecule has 1 aliphatic rings. The Morgan fingerprint density at radius 2 is 1.70 bits per heavy atom. The Morgan fingerprint density at radius 1 is 1.03 bits per heavy atom. The van der Waals surface area contributed by atoms with Crippen LogP contribution in [0.5, 0.6) is 0 Å². The van der Waals surface area contributed by atoms with Crippen molar-refractivity contribution in [2.75, 3.05) is 6.61 Å². The van der Waals surface area contributed by atoms with E-state index in [1.165, 1.54) is 12.1 Å². The molecule has 33 heavy (non-hydrogen) atoms. The molecular formula is C26H21FN2O4. The van der Waals surface area contributed by atoms with Gasteiger partial charge in [0.2, 0.25) is 0 Å². The third-order valence-electron chi connectivity index (χ3n) is 6.09. The van der Waals surface area contributed by atoms with Gasteiger partial charge in [-0.2, -0.15) is 0 Å². The average Bonchev–Trinajstić information content (AvgIpc) is 3.35. The van der Waals surface area contributed by atoms with E-state index in [1.807, 2.05) is 48.5 Å². The minimum Gasteiger partial charge on any atom is -0.480 e. The number of rotatable bonds is 6. The van der Waals surface area contributed by atoms with Crippen molar-refractivity contribution in [2.45, 2.75) is 18.4 Å². The van der Waals surface area contributed by atoms with Crippen molar-refractivity contribution >= 4 is 23.0 Å². The van der Waals surface area contributed by atoms with E-state index in [1.54, 1.807) is 12.3 Å². The summed E-state index contributed by atoms with van der Waals surface area (Å²) < 4.78 is 18.9. The molecule has 3 aromatic carbocycles. The van der Waals surface area contributed by atoms with Gasteiger partial charge >= 0.3 is 12.1 Å². The number of amides is 1. The molecule has 6 nitrogen and oxygen atoms in total. The molecule has 4 aromatic rings. The summed E-state index contributed by atoms with van der Waals surface area (Å²) in [5.74, 6) is -1.68. The summed E-state index contributed by atoms with van der Waals surface area (Å²) in [6.07, 6.45) is 0.861. The first-order valence-electron chi connectivity index (χ1n) is 10.6. The number of hydrogen-bond donors (Lipinski definition) is 3. The van der Waals surface area contributed by atoms with Gasteiger partial charge in [-0.3, -0.25) is 0 Å². The number of fused-ring (bicyclic) bond motifs is 4. The number of carbonyl (C=O) groups is 2. The van der Waals surface area contributed by atoms with Crippen LogP contribution >= 0.6 is 0 Å². The van der Waals surface area contributed by atoms with Crippen molar-refractivity contribution in [3.63, 3.8) is 0 Å². The van der Waals surface area contributed by atoms with Crippen LogP contribution in [-0.2, 0) is 16.0 Å². The first-order valence-corrected chi connectivity index (χ1v) is 10.6. The molecule has 0 bridgehead atoms. The number of carbonyl (C=O) groups excluding carboxylic acids is 1. The number of carboxylic acid groups (broad SMARTS) is 1. The van der Waals surface area contributed by atoms with Gasteiger partial charge in [0.1, 0.15) is 18.5 Å². The SMILES string of the molecule is O=C(N[C@@H](Cc1c[nH]c2cc(F)ccc12)C(=O)O)OCC1c2ccccc2-c2ccccc21. The van der Waals surface area contributed by atoms with Gasteiger partial charge in [-0.15, -0.1) is 0 Å². The Bertz CT molecular complexity index is 1320. The van der Waals surface area contributed by atoms with E-state index >= 15 is 0 Å². The molecule has 0 aliphatic heterocycles. The Hall–Kier alpha value is -4.13. The molecule has 0 saturated carbocycles. The first kappa shape index (κ1) is 20.8. The largest absolute Gasteiger partial charge is 0.480 e. The van der Waals surface area contributed by atoms with Crippen molar-refractivity contribution in [3.05, 3.63) is 95.4 Å². The molecule has 1 aromatic heterocycles. The third kappa shape index (κ3) is 3.93. The number of aliphatic carboxylic acids is 1. The molecule has 1 aliphatic carbocycles. The Kier molecular flexibility index (Phi) is 5.30. The summed E-state index contributed by atoms with van der Waals surface area (Å²) in [5, 5.41) is 12.8. The number of hydrogen-bond acceptors (Lipinski definition) is 3. The van der Waals surface area contributed by atoms with E-state index in [9.17, 15) is 19.1 Å². The van der Waals surface area contributed by atoms with Crippen LogP contribution in [0.4, 0.5) is 9.18 Å². The van der Waals surface area contributed by atoms with Crippen LogP contribution in [0.1, 0.15) is 22.6 Å². The van der Waals surface area contributed by atoms with Crippen LogP contribution in [-0.4, -0.2) is 34.8 Å². The monoisotopic (exact) mass is 444 g/mol. The molecule has 166 valence electrons. The second-order valence-electron chi connectivity index (χ2n) is 8.07. The van der Waals surface area contributed by atoms with E-state index in [-0.39, 0.29) is 24.8 Å². The van der Waals surface area contributed by atoms with E-state index in [0.29, 0.717) is 16.5 Å². The summed E-state index contributed by atoms with van der Waals surface area (Å²) in [6, 6.07) is 19.0. The zero-order valence-electron chi connectivity index (χ0n) is 17.5. The lowest BCUT2D eigenvalue weighted by Gasteiger charge is -2.17. The highest BCUT2D eigenvalue weighted by Crippen LogP contribution is 2.44. The van der Waals surface area contributed by atoms with Crippen molar-refractivity contribution in [1.29, 1.82) is 0 Å². The second kappa shape index (κ2) is 8.43. The van der Waals surface area contributed by atoms with Gasteiger partial charge in [0.25, 0.3) is 0 Å². The number of benzene rings is 3. The van der Waals surface area contributed by atoms with Crippen LogP contribution in [0.25, 0.3) is 22.0 Å². The maximum atomic E-state index is 13.4. The molecule has 3 N–H and O–H groups in total. The molecular weight excluding hydrogens is 423 g/mol. The Labute approximate surface area is 189 Å². The van der Waals surface area contributed by atoms with Crippen molar-refractivity contribution < 1.29 is 23.8 Å². The van der Waals surface area contributed by atoms with Crippen LogP contribution < -0.4 is 5.32 Å². The first-order chi connectivity index (χ1) is 16.0. The van der Waals surface area contributed by atoms with E-state index in [4.69, 9.17) is 4.74 Å². The van der Waals surface area contributed by atoms with Crippen molar-refractivity contribution in [1.82, 2.24) is 10.3 Å². The lowest BCUT2D eigenvalue weighted by Crippen LogP contribution is -2.42. The van der Waals surface area contributed by atoms with E-state index in [0.717, 1.165) is 22.3 Å². The highest BCUT2D eigenvalue weighted by atomic mass is 19.1. The zero-order chi connectivity index (χ0) is 22.9. The van der Waals surface area contributed by atoms with Crippen molar-refractivity contribution in [2.24, 2.45) is 0 Å². The minimum atomic E-state index is -1.19. The highest BCUT2D eigenvalue weighted by molar-refractivity contribution is 5.86. The predicted molar refractivity (Wildman–Crippen MR) is 122 cm³/mol. The predicted octanol–water partition coefficient (Wildman–Crippen LogP) is 4.84. The van der Waals surface area contributed by atoms with Crippen molar-refractivity contribution in [3.8, 4) is 11.1 Å². The Balaban J connectivity index is 1.28. The molecule has 1 heterocycles. The van der Waals surface area contributed by atoms with Gasteiger partial charge in [0.05, 0.1) is 0 Å². The number of alkyl carbamates (subject to hydrolysis) is 1. The molecule has 0 fully saturated rings. The van der Waals surface area contributed by atoms with Gasteiger partial charge < -0.3 is 20.1 Å². The van der Waals surface area contributed by atoms with Crippen LogP contribution in [0, 0.1) is 5.82 Å². The van der Waals surface area contributed by atoms with Gasteiger partial charge in [-0.1, -0.05) is 48.5 Å². The number of nitrogens with one attached hydrogen (secondary N) is 2. The quantitative estimate of drug-likeness (QED) is 0.397. The molecule has 0 unspecified atom stereocenters. The molecule has 1 amide bonds. The lowest BCUT2D eigenvalue weighted by atomic mass is 9.98. The standard InChI is InChI=1S/C26H21FN2O4/c27-16-9-10-17-15(13-28-23(17)12-16)11-24(25(30)31)29-26(32)33-14-22-20-7-3-1-5-18(20)19-6-2-4-8-21(19)22/h1-10,12-13,22,24,28H,11,14H2,(H,29,32)(H,30,31)/t24-/m0/s1. The second-order valence-corrected chi connectivity index (χ2v) is 8.07. The number of aromatic nitrogens is 1. The summed E-state index contributed by atoms with van der Waals surface area (Å²) in [4.78, 5) is 27.3. The van der Waals surface area contributed by atoms with Gasteiger partial charge in [-0.25, -0.2) is 14.0 Å². The van der Waals surface area contributed by atoms with E-state index in [2.05, 4.69) is 10.3 Å². The number of aromatic amines is 1. The van der Waals surface area contributed by atoms with E-state index < -0.39 is 18.1 Å². The molecule has 0 radical (unpaired) electrons. The fourth-order valence-corrected chi connectivity index (χ4v) is 4.53. The smallest absolute Gasteiger partial charge is 0.407 e. The Morgan fingerprint density at radius 3 is 2.36 bits per heavy atom. The maximum absolute atomic E-state index is 13.4. The molecule has 5 rings (SSSR count). The normalized spacial score (nSPS) is 13.4. The number of H-pyrrole nitrogens is 1. The summed E-state index contributed by atoms with van der Waals surface area (Å²) in [6.45, 7) is 0.0958. The topological polar surface area (TPSA) is 91.4 Å². The average molecular weight is 444 g/mol. The van der Waals surface area contributed by atoms with Gasteiger partial charge in [0.15, 0.2) is 0 Å². The molecule has 1 atom stereocenters. The fourth-order valence-electron chi connectivity index (χ4n) is 4.53. The fraction of sp³-hybridized carbons (Fsp3) is 0.154. The van der Waals surface area contributed by atoms with Crippen LogP contribution in [0.3, 0.4) is 0 Å². The lowest BCUT2D eigenvalue weighted by molar-refractivity contribution is -0.139. The number of ether oxygens (including phenoxy) is 1. The summed E-state index contributed by atoms with van der Waals surface area (Å²) in [7, 11) is 0. The number of carboxylic acids is 1. The van der Waals surface area contributed by atoms with Crippen LogP contribution in [0.15, 0.2) is 72.9 Å². The number of halogens is 1. The molecule has 7 heteroatoms. The molecule has 0 saturated heterocycles. The maximum Gasteiger partial charge on any atom is 0.407 e. The van der Waals surface area contributed by atoms with Gasteiger partial charge in [-0.05, 0) is 46.0 Å². The summed E-state index contributed by atoms with van der Waals surface area (Å²) >= 11 is 0. The van der Waals surface area contributed by atoms with Gasteiger partial charge in [0, 0.05) is 29.4 Å². The third-order valence-corrected chi connectivity index (χ3v) is 6.09. The minimum absolute atomic E-state index is 0.0329. The molecule has 0 spiro atoms. The van der Waals surface area contributed by atoms with Crippen LogP contribution in [0.2, 0.25) is 0 Å². The zero-order valence-corrected chi connectivity index (χ0v) is 17.5.